The van der Waals surface area contributed by atoms with Gasteiger partial charge in [0.05, 0.1) is 0 Å². The van der Waals surface area contributed by atoms with Crippen molar-refractivity contribution in [2.75, 3.05) is 0 Å². The number of hydrogen-bond acceptors (Lipinski definition) is 2. The highest BCUT2D eigenvalue weighted by Crippen LogP contribution is 2.24. The smallest absolute Gasteiger partial charge is 0.123 e. The molecule has 1 radical (unpaired) electrons. The SMILES string of the molecule is [CH2]c1cccc(-c2ncc(C)s2)c1. The van der Waals surface area contributed by atoms with Crippen LogP contribution in [0.4, 0.5) is 0 Å². The molecule has 0 atom stereocenters. The molecule has 0 bridgehead atoms. The quantitative estimate of drug-likeness (QED) is 0.669. The first-order valence-electron chi connectivity index (χ1n) is 4.10. The fraction of sp³-hybridized carbons (Fsp3) is 0.0909. The number of rotatable bonds is 1. The second kappa shape index (κ2) is 3.30. The molecule has 0 amide bonds. The Labute approximate surface area is 82.1 Å². The van der Waals surface area contributed by atoms with Crippen LogP contribution in [0.25, 0.3) is 10.6 Å². The lowest BCUT2D eigenvalue weighted by molar-refractivity contribution is 1.38. The largest absolute Gasteiger partial charge is 0.244 e. The van der Waals surface area contributed by atoms with Crippen molar-refractivity contribution in [3.8, 4) is 10.6 Å². The Morgan fingerprint density at radius 1 is 1.38 bits per heavy atom. The van der Waals surface area contributed by atoms with E-state index >= 15 is 0 Å². The van der Waals surface area contributed by atoms with Crippen molar-refractivity contribution in [2.45, 2.75) is 6.92 Å². The van der Waals surface area contributed by atoms with Gasteiger partial charge < -0.3 is 0 Å². The molecule has 2 heteroatoms. The van der Waals surface area contributed by atoms with Gasteiger partial charge in [-0.25, -0.2) is 4.98 Å². The Kier molecular flexibility index (Phi) is 2.15. The molecule has 0 aliphatic carbocycles. The molecule has 2 rings (SSSR count). The zero-order valence-corrected chi connectivity index (χ0v) is 8.27. The van der Waals surface area contributed by atoms with Crippen LogP contribution in [0.3, 0.4) is 0 Å². The highest BCUT2D eigenvalue weighted by Gasteiger charge is 2.01. The summed E-state index contributed by atoms with van der Waals surface area (Å²) in [6, 6.07) is 8.11. The fourth-order valence-electron chi connectivity index (χ4n) is 1.19. The molecule has 1 nitrogen and oxygen atoms in total. The maximum atomic E-state index is 4.32. The second-order valence-electron chi connectivity index (χ2n) is 2.98. The maximum absolute atomic E-state index is 4.32. The molecule has 0 N–H and O–H groups in total. The summed E-state index contributed by atoms with van der Waals surface area (Å²) >= 11 is 1.71. The number of benzene rings is 1. The molecule has 0 aliphatic rings. The fourth-order valence-corrected chi connectivity index (χ4v) is 1.95. The number of thiazole rings is 1. The third-order valence-electron chi connectivity index (χ3n) is 1.80. The lowest BCUT2D eigenvalue weighted by Crippen LogP contribution is -1.76. The van der Waals surface area contributed by atoms with Gasteiger partial charge in [0.2, 0.25) is 0 Å². The summed E-state index contributed by atoms with van der Waals surface area (Å²) in [6.07, 6.45) is 1.90. The first kappa shape index (κ1) is 8.45. The van der Waals surface area contributed by atoms with E-state index in [1.807, 2.05) is 18.3 Å². The van der Waals surface area contributed by atoms with Crippen LogP contribution in [0.1, 0.15) is 10.4 Å². The monoisotopic (exact) mass is 188 g/mol. The minimum Gasteiger partial charge on any atom is -0.244 e. The van der Waals surface area contributed by atoms with E-state index < -0.39 is 0 Å². The van der Waals surface area contributed by atoms with Crippen LogP contribution < -0.4 is 0 Å². The van der Waals surface area contributed by atoms with Gasteiger partial charge >= 0.3 is 0 Å². The molecule has 1 aromatic carbocycles. The highest BCUT2D eigenvalue weighted by molar-refractivity contribution is 7.14. The minimum atomic E-state index is 1.03. The van der Waals surface area contributed by atoms with E-state index in [9.17, 15) is 0 Å². The van der Waals surface area contributed by atoms with Gasteiger partial charge in [-0.2, -0.15) is 0 Å². The first-order chi connectivity index (χ1) is 6.25. The summed E-state index contributed by atoms with van der Waals surface area (Å²) in [6.45, 7) is 5.96. The second-order valence-corrected chi connectivity index (χ2v) is 4.21. The van der Waals surface area contributed by atoms with Crippen molar-refractivity contribution < 1.29 is 0 Å². The van der Waals surface area contributed by atoms with Crippen LogP contribution in [0.15, 0.2) is 30.5 Å². The van der Waals surface area contributed by atoms with Gasteiger partial charge in [0.1, 0.15) is 5.01 Å². The molecule has 0 saturated carbocycles. The van der Waals surface area contributed by atoms with Gasteiger partial charge in [-0.3, -0.25) is 0 Å². The maximum Gasteiger partial charge on any atom is 0.123 e. The summed E-state index contributed by atoms with van der Waals surface area (Å²) in [5.74, 6) is 0. The Bertz CT molecular complexity index is 418. The Balaban J connectivity index is 2.46. The van der Waals surface area contributed by atoms with Crippen LogP contribution >= 0.6 is 11.3 Å². The van der Waals surface area contributed by atoms with Gasteiger partial charge in [-0.1, -0.05) is 18.2 Å². The lowest BCUT2D eigenvalue weighted by atomic mass is 10.1. The number of nitrogens with zero attached hydrogens (tertiary/aromatic N) is 1. The molecule has 1 heterocycles. The number of aryl methyl sites for hydroxylation is 1. The van der Waals surface area contributed by atoms with Crippen LogP contribution in [-0.4, -0.2) is 4.98 Å². The van der Waals surface area contributed by atoms with E-state index in [-0.39, 0.29) is 0 Å². The van der Waals surface area contributed by atoms with Crippen molar-refractivity contribution in [3.63, 3.8) is 0 Å². The molecule has 0 unspecified atom stereocenters. The molecule has 1 aromatic heterocycles. The molecule has 0 spiro atoms. The van der Waals surface area contributed by atoms with Crippen molar-refractivity contribution in [3.05, 3.63) is 47.8 Å². The topological polar surface area (TPSA) is 12.9 Å². The predicted molar refractivity (Wildman–Crippen MR) is 56.7 cm³/mol. The van der Waals surface area contributed by atoms with E-state index in [0.717, 1.165) is 16.1 Å². The third kappa shape index (κ3) is 1.78. The van der Waals surface area contributed by atoms with Gasteiger partial charge in [-0.15, -0.1) is 11.3 Å². The van der Waals surface area contributed by atoms with E-state index in [4.69, 9.17) is 0 Å². The predicted octanol–water partition coefficient (Wildman–Crippen LogP) is 3.30. The van der Waals surface area contributed by atoms with Gasteiger partial charge in [0.25, 0.3) is 0 Å². The van der Waals surface area contributed by atoms with Crippen molar-refractivity contribution in [2.24, 2.45) is 0 Å². The van der Waals surface area contributed by atoms with Crippen LogP contribution in [0.5, 0.6) is 0 Å². The molecule has 0 fully saturated rings. The zero-order chi connectivity index (χ0) is 9.26. The Hall–Kier alpha value is -1.15. The van der Waals surface area contributed by atoms with Crippen molar-refractivity contribution in [1.82, 2.24) is 4.98 Å². The molecule has 0 saturated heterocycles. The molecular formula is C11H10NS. The average Bonchev–Trinajstić information content (AvgIpc) is 2.52. The normalized spacial score (nSPS) is 10.3. The standard InChI is InChI=1S/C11H10NS/c1-8-4-3-5-10(6-8)11-12-7-9(2)13-11/h3-7H,1H2,2H3. The Morgan fingerprint density at radius 3 is 2.85 bits per heavy atom. The summed E-state index contributed by atoms with van der Waals surface area (Å²) in [5, 5.41) is 1.07. The van der Waals surface area contributed by atoms with Gasteiger partial charge in [-0.05, 0) is 25.5 Å². The van der Waals surface area contributed by atoms with E-state index in [0.29, 0.717) is 0 Å². The molecule has 0 aliphatic heterocycles. The minimum absolute atomic E-state index is 1.03. The van der Waals surface area contributed by atoms with E-state index in [2.05, 4.69) is 31.0 Å². The highest BCUT2D eigenvalue weighted by atomic mass is 32.1. The Morgan fingerprint density at radius 2 is 2.23 bits per heavy atom. The van der Waals surface area contributed by atoms with Crippen LogP contribution in [-0.2, 0) is 0 Å². The molecular weight excluding hydrogens is 178 g/mol. The lowest BCUT2D eigenvalue weighted by Gasteiger charge is -1.96. The van der Waals surface area contributed by atoms with Crippen LogP contribution in [0.2, 0.25) is 0 Å². The molecule has 2 aromatic rings. The van der Waals surface area contributed by atoms with Crippen molar-refractivity contribution >= 4 is 11.3 Å². The summed E-state index contributed by atoms with van der Waals surface area (Å²) < 4.78 is 0. The van der Waals surface area contributed by atoms with E-state index in [1.165, 1.54) is 4.88 Å². The third-order valence-corrected chi connectivity index (χ3v) is 2.76. The first-order valence-corrected chi connectivity index (χ1v) is 4.92. The van der Waals surface area contributed by atoms with E-state index in [1.54, 1.807) is 11.3 Å². The number of aromatic nitrogens is 1. The summed E-state index contributed by atoms with van der Waals surface area (Å²) in [4.78, 5) is 5.56. The zero-order valence-electron chi connectivity index (χ0n) is 7.45. The molecule has 65 valence electrons. The van der Waals surface area contributed by atoms with Gasteiger partial charge in [0, 0.05) is 16.6 Å². The van der Waals surface area contributed by atoms with Gasteiger partial charge in [0.15, 0.2) is 0 Å². The van der Waals surface area contributed by atoms with Crippen LogP contribution in [0, 0.1) is 13.8 Å². The summed E-state index contributed by atoms with van der Waals surface area (Å²) in [7, 11) is 0. The van der Waals surface area contributed by atoms with Crippen molar-refractivity contribution in [1.29, 1.82) is 0 Å². The summed E-state index contributed by atoms with van der Waals surface area (Å²) in [5.41, 5.74) is 2.19. The molecule has 13 heavy (non-hydrogen) atoms. The average molecular weight is 188 g/mol. The number of hydrogen-bond donors (Lipinski definition) is 0.